The highest BCUT2D eigenvalue weighted by atomic mass is 35.5. The molecule has 2 aliphatic carbocycles. The number of rotatable bonds is 4. The molecule has 0 bridgehead atoms. The number of hydrogen-bond donors (Lipinski definition) is 1. The number of nitrogens with zero attached hydrogens (tertiary/aromatic N) is 5. The normalized spacial score (nSPS) is 25.7. The number of benzene rings is 1. The number of likely N-dealkylation sites (tertiary alicyclic amines) is 1. The zero-order chi connectivity index (χ0) is 31.2. The molecule has 9 nitrogen and oxygen atoms in total. The monoisotopic (exact) mass is 623 g/mol. The summed E-state index contributed by atoms with van der Waals surface area (Å²) in [7, 11) is 0. The summed E-state index contributed by atoms with van der Waals surface area (Å²) >= 11 is 6.32. The van der Waals surface area contributed by atoms with Crippen molar-refractivity contribution in [2.75, 3.05) is 37.6 Å². The number of ether oxygens (including phenoxy) is 1. The number of fused-ring (bicyclic) bond motifs is 1. The van der Waals surface area contributed by atoms with Crippen LogP contribution in [0, 0.1) is 5.41 Å². The predicted molar refractivity (Wildman–Crippen MR) is 170 cm³/mol. The second-order valence-corrected chi connectivity index (χ2v) is 14.7. The van der Waals surface area contributed by atoms with E-state index in [1.807, 2.05) is 54.8 Å². The van der Waals surface area contributed by atoms with E-state index in [2.05, 4.69) is 21.8 Å². The molecule has 44 heavy (non-hydrogen) atoms. The zero-order valence-corrected chi connectivity index (χ0v) is 27.2. The standard InChI is InChI=1S/C34H46ClN5O4/c1-22-20-25(41)28-26(22)30(37-21-36-28)38-16-18-39(19-17-38)31(42)27(23-8-10-24(35)11-9-23)29-34(12-6-5-7-13-34)14-15-40(29)32(43)44-33(2,3)4/h8-11,21-22,25,27,29,41H,5-7,12-20H2,1-4H3/t22-,25-,27+,29-/m1/s1. The number of carbonyl (C=O) groups is 2. The second kappa shape index (κ2) is 12.1. The first kappa shape index (κ1) is 31.1. The van der Waals surface area contributed by atoms with Gasteiger partial charge in [0.05, 0.1) is 23.8 Å². The van der Waals surface area contributed by atoms with Gasteiger partial charge in [0, 0.05) is 43.3 Å². The first-order valence-corrected chi connectivity index (χ1v) is 16.7. The second-order valence-electron chi connectivity index (χ2n) is 14.3. The minimum absolute atomic E-state index is 0.0501. The van der Waals surface area contributed by atoms with Gasteiger partial charge in [-0.3, -0.25) is 4.79 Å². The lowest BCUT2D eigenvalue weighted by Gasteiger charge is -2.46. The van der Waals surface area contributed by atoms with Crippen molar-refractivity contribution in [3.63, 3.8) is 0 Å². The fourth-order valence-corrected chi connectivity index (χ4v) is 8.37. The number of aliphatic hydroxyl groups excluding tert-OH is 1. The van der Waals surface area contributed by atoms with Crippen LogP contribution in [0.15, 0.2) is 30.6 Å². The Labute approximate surface area is 265 Å². The summed E-state index contributed by atoms with van der Waals surface area (Å²) in [4.78, 5) is 43.6. The van der Waals surface area contributed by atoms with E-state index < -0.39 is 17.6 Å². The van der Waals surface area contributed by atoms with Crippen LogP contribution in [-0.4, -0.2) is 81.2 Å². The summed E-state index contributed by atoms with van der Waals surface area (Å²) in [6.45, 7) is 10.7. The van der Waals surface area contributed by atoms with Crippen molar-refractivity contribution in [2.45, 2.75) is 102 Å². The van der Waals surface area contributed by atoms with E-state index in [9.17, 15) is 14.7 Å². The molecule has 238 valence electrons. The van der Waals surface area contributed by atoms with Crippen LogP contribution in [-0.2, 0) is 9.53 Å². The maximum atomic E-state index is 14.8. The SMILES string of the molecule is C[C@@H]1C[C@@H](O)c2ncnc(N3CCN(C(=O)[C@@H](c4ccc(Cl)cc4)[C@H]4N(C(=O)OC(C)(C)C)CCC45CCCCC5)CC3)c21. The first-order valence-electron chi connectivity index (χ1n) is 16.3. The molecule has 6 rings (SSSR count). The Kier molecular flexibility index (Phi) is 8.56. The van der Waals surface area contributed by atoms with E-state index in [0.717, 1.165) is 54.7 Å². The molecule has 2 saturated heterocycles. The van der Waals surface area contributed by atoms with E-state index in [1.54, 1.807) is 6.33 Å². The lowest BCUT2D eigenvalue weighted by Crippen LogP contribution is -2.56. The zero-order valence-electron chi connectivity index (χ0n) is 26.5. The van der Waals surface area contributed by atoms with E-state index >= 15 is 0 Å². The van der Waals surface area contributed by atoms with Crippen LogP contribution >= 0.6 is 11.6 Å². The summed E-state index contributed by atoms with van der Waals surface area (Å²) in [6, 6.07) is 7.32. The number of aliphatic hydroxyl groups is 1. The quantitative estimate of drug-likeness (QED) is 0.442. The Morgan fingerprint density at radius 1 is 1.00 bits per heavy atom. The molecule has 2 aromatic rings. The molecule has 1 aromatic heterocycles. The highest BCUT2D eigenvalue weighted by Crippen LogP contribution is 2.53. The van der Waals surface area contributed by atoms with Crippen molar-refractivity contribution >= 4 is 29.4 Å². The van der Waals surface area contributed by atoms with Crippen molar-refractivity contribution < 1.29 is 19.4 Å². The minimum Gasteiger partial charge on any atom is -0.444 e. The van der Waals surface area contributed by atoms with Gasteiger partial charge in [0.1, 0.15) is 17.7 Å². The number of carbonyl (C=O) groups excluding carboxylic acids is 2. The summed E-state index contributed by atoms with van der Waals surface area (Å²) in [5, 5.41) is 11.1. The molecule has 1 spiro atoms. The summed E-state index contributed by atoms with van der Waals surface area (Å²) in [5.74, 6) is 0.575. The molecule has 3 fully saturated rings. The first-order chi connectivity index (χ1) is 21.0. The van der Waals surface area contributed by atoms with Crippen molar-refractivity contribution in [3.8, 4) is 0 Å². The van der Waals surface area contributed by atoms with Gasteiger partial charge in [-0.1, -0.05) is 49.9 Å². The molecular weight excluding hydrogens is 578 g/mol. The summed E-state index contributed by atoms with van der Waals surface area (Å²) in [6.07, 6.45) is 7.58. The molecule has 1 aromatic carbocycles. The maximum Gasteiger partial charge on any atom is 0.410 e. The van der Waals surface area contributed by atoms with Crippen LogP contribution in [0.2, 0.25) is 5.02 Å². The molecule has 4 atom stereocenters. The van der Waals surface area contributed by atoms with Crippen LogP contribution in [0.4, 0.5) is 10.6 Å². The Morgan fingerprint density at radius 3 is 2.34 bits per heavy atom. The third kappa shape index (κ3) is 5.89. The van der Waals surface area contributed by atoms with Gasteiger partial charge in [0.15, 0.2) is 0 Å². The molecule has 10 heteroatoms. The molecule has 4 aliphatic rings. The van der Waals surface area contributed by atoms with E-state index in [0.29, 0.717) is 44.2 Å². The Hall–Kier alpha value is -2.91. The van der Waals surface area contributed by atoms with Crippen LogP contribution in [0.5, 0.6) is 0 Å². The maximum absolute atomic E-state index is 14.8. The molecule has 2 amide bonds. The van der Waals surface area contributed by atoms with Gasteiger partial charge < -0.3 is 24.5 Å². The van der Waals surface area contributed by atoms with Crippen molar-refractivity contribution in [2.24, 2.45) is 5.41 Å². The fraction of sp³-hybridized carbons (Fsp3) is 0.647. The highest BCUT2D eigenvalue weighted by Gasteiger charge is 2.56. The van der Waals surface area contributed by atoms with Gasteiger partial charge in [-0.25, -0.2) is 14.8 Å². The van der Waals surface area contributed by atoms with Crippen LogP contribution in [0.25, 0.3) is 0 Å². The van der Waals surface area contributed by atoms with Gasteiger partial charge in [-0.05, 0) is 75.5 Å². The third-order valence-corrected chi connectivity index (χ3v) is 10.5. The van der Waals surface area contributed by atoms with Gasteiger partial charge in [0.2, 0.25) is 5.91 Å². The largest absolute Gasteiger partial charge is 0.444 e. The lowest BCUT2D eigenvalue weighted by atomic mass is 9.64. The van der Waals surface area contributed by atoms with E-state index in [4.69, 9.17) is 16.3 Å². The van der Waals surface area contributed by atoms with Gasteiger partial charge >= 0.3 is 6.09 Å². The fourth-order valence-electron chi connectivity index (χ4n) is 8.24. The van der Waals surface area contributed by atoms with Crippen molar-refractivity contribution in [1.29, 1.82) is 0 Å². The van der Waals surface area contributed by atoms with Crippen LogP contribution < -0.4 is 4.90 Å². The van der Waals surface area contributed by atoms with Crippen LogP contribution in [0.1, 0.15) is 107 Å². The van der Waals surface area contributed by atoms with Gasteiger partial charge in [-0.2, -0.15) is 0 Å². The summed E-state index contributed by atoms with van der Waals surface area (Å²) < 4.78 is 5.94. The molecule has 0 unspecified atom stereocenters. The number of aromatic nitrogens is 2. The topological polar surface area (TPSA) is 99.1 Å². The van der Waals surface area contributed by atoms with Gasteiger partial charge in [0.25, 0.3) is 0 Å². The van der Waals surface area contributed by atoms with Crippen LogP contribution in [0.3, 0.4) is 0 Å². The summed E-state index contributed by atoms with van der Waals surface area (Å²) in [5.41, 5.74) is 1.88. The van der Waals surface area contributed by atoms with Crippen molar-refractivity contribution in [1.82, 2.24) is 19.8 Å². The Balaban J connectivity index is 1.31. The molecular formula is C34H46ClN5O4. The minimum atomic E-state index is -0.630. The average Bonchev–Trinajstić information content (AvgIpc) is 3.50. The Bertz CT molecular complexity index is 1360. The highest BCUT2D eigenvalue weighted by molar-refractivity contribution is 6.30. The van der Waals surface area contributed by atoms with E-state index in [-0.39, 0.29) is 29.4 Å². The predicted octanol–water partition coefficient (Wildman–Crippen LogP) is 6.06. The van der Waals surface area contributed by atoms with Crippen molar-refractivity contribution in [3.05, 3.63) is 52.4 Å². The smallest absolute Gasteiger partial charge is 0.410 e. The number of hydrogen-bond acceptors (Lipinski definition) is 7. The number of halogens is 1. The van der Waals surface area contributed by atoms with E-state index in [1.165, 1.54) is 6.42 Å². The number of anilines is 1. The lowest BCUT2D eigenvalue weighted by molar-refractivity contribution is -0.136. The average molecular weight is 624 g/mol. The molecule has 1 saturated carbocycles. The van der Waals surface area contributed by atoms with Gasteiger partial charge in [-0.15, -0.1) is 0 Å². The number of amides is 2. The molecule has 3 heterocycles. The third-order valence-electron chi connectivity index (χ3n) is 10.3. The molecule has 2 aliphatic heterocycles. The molecule has 1 N–H and O–H groups in total. The Morgan fingerprint density at radius 2 is 1.68 bits per heavy atom. The molecule has 0 radical (unpaired) electrons. The number of piperazine rings is 1.